The molecule has 4 heteroatoms. The van der Waals surface area contributed by atoms with Crippen LogP contribution in [0.2, 0.25) is 0 Å². The van der Waals surface area contributed by atoms with Crippen molar-refractivity contribution in [3.8, 4) is 5.75 Å². The Morgan fingerprint density at radius 1 is 1.38 bits per heavy atom. The number of aryl methyl sites for hydroxylation is 1. The molecule has 0 saturated carbocycles. The molecule has 21 heavy (non-hydrogen) atoms. The first kappa shape index (κ1) is 15.8. The average molecular weight is 290 g/mol. The van der Waals surface area contributed by atoms with Gasteiger partial charge < -0.3 is 15.0 Å². The summed E-state index contributed by atoms with van der Waals surface area (Å²) in [6.45, 7) is 7.99. The average Bonchev–Trinajstić information content (AvgIpc) is 2.83. The monoisotopic (exact) mass is 290 g/mol. The van der Waals surface area contributed by atoms with Crippen molar-refractivity contribution in [1.29, 1.82) is 0 Å². The second-order valence-corrected chi connectivity index (χ2v) is 5.98. The van der Waals surface area contributed by atoms with E-state index in [9.17, 15) is 4.79 Å². The maximum Gasteiger partial charge on any atom is 0.222 e. The number of likely N-dealkylation sites (tertiary alicyclic amines) is 1. The van der Waals surface area contributed by atoms with Gasteiger partial charge in [-0.2, -0.15) is 0 Å². The van der Waals surface area contributed by atoms with E-state index in [1.165, 1.54) is 5.56 Å². The molecule has 0 bridgehead atoms. The van der Waals surface area contributed by atoms with E-state index in [0.29, 0.717) is 6.42 Å². The zero-order valence-corrected chi connectivity index (χ0v) is 13.5. The van der Waals surface area contributed by atoms with Gasteiger partial charge in [-0.05, 0) is 38.8 Å². The minimum Gasteiger partial charge on any atom is -0.496 e. The minimum atomic E-state index is 0.188. The number of carbonyl (C=O) groups is 1. The molecule has 1 aliphatic rings. The van der Waals surface area contributed by atoms with Crippen molar-refractivity contribution in [3.05, 3.63) is 29.3 Å². The van der Waals surface area contributed by atoms with Crippen molar-refractivity contribution >= 4 is 5.91 Å². The van der Waals surface area contributed by atoms with Crippen molar-refractivity contribution in [1.82, 2.24) is 10.2 Å². The Bertz CT molecular complexity index is 502. The molecule has 1 aliphatic heterocycles. The van der Waals surface area contributed by atoms with Crippen molar-refractivity contribution in [2.75, 3.05) is 20.2 Å². The van der Waals surface area contributed by atoms with Gasteiger partial charge in [0.15, 0.2) is 0 Å². The third-order valence-corrected chi connectivity index (χ3v) is 4.06. The van der Waals surface area contributed by atoms with Gasteiger partial charge in [0.25, 0.3) is 0 Å². The Labute approximate surface area is 127 Å². The minimum absolute atomic E-state index is 0.188. The number of benzene rings is 1. The number of nitrogens with zero attached hydrogens (tertiary/aromatic N) is 1. The Morgan fingerprint density at radius 2 is 2.14 bits per heavy atom. The summed E-state index contributed by atoms with van der Waals surface area (Å²) < 4.78 is 5.47. The molecule has 0 aliphatic carbocycles. The predicted molar refractivity (Wildman–Crippen MR) is 84.6 cm³/mol. The highest BCUT2D eigenvalue weighted by Gasteiger charge is 2.22. The third-order valence-electron chi connectivity index (χ3n) is 4.06. The van der Waals surface area contributed by atoms with E-state index in [1.807, 2.05) is 4.90 Å². The first-order chi connectivity index (χ1) is 10.0. The molecule has 1 saturated heterocycles. The molecule has 116 valence electrons. The Morgan fingerprint density at radius 3 is 2.76 bits per heavy atom. The molecule has 1 heterocycles. The van der Waals surface area contributed by atoms with Crippen LogP contribution in [0.15, 0.2) is 18.2 Å². The maximum absolute atomic E-state index is 11.7. The molecule has 0 aromatic heterocycles. The highest BCUT2D eigenvalue weighted by atomic mass is 16.5. The Balaban J connectivity index is 1.97. The van der Waals surface area contributed by atoms with Crippen LogP contribution in [0.4, 0.5) is 0 Å². The fourth-order valence-electron chi connectivity index (χ4n) is 2.97. The smallest absolute Gasteiger partial charge is 0.222 e. The predicted octanol–water partition coefficient (Wildman–Crippen LogP) is 2.67. The summed E-state index contributed by atoms with van der Waals surface area (Å²) in [5, 5.41) is 3.56. The number of nitrogens with one attached hydrogen (secondary N) is 1. The summed E-state index contributed by atoms with van der Waals surface area (Å²) in [5.74, 6) is 1.20. The number of ether oxygens (including phenoxy) is 1. The topological polar surface area (TPSA) is 41.6 Å². The van der Waals surface area contributed by atoms with Gasteiger partial charge in [-0.1, -0.05) is 12.1 Å². The second-order valence-electron chi connectivity index (χ2n) is 5.98. The van der Waals surface area contributed by atoms with Gasteiger partial charge >= 0.3 is 0 Å². The molecule has 2 atom stereocenters. The lowest BCUT2D eigenvalue weighted by Crippen LogP contribution is -2.40. The lowest BCUT2D eigenvalue weighted by Gasteiger charge is -2.26. The molecule has 4 nitrogen and oxygen atoms in total. The highest BCUT2D eigenvalue weighted by Crippen LogP contribution is 2.26. The number of amides is 1. The molecule has 1 fully saturated rings. The third kappa shape index (κ3) is 3.97. The van der Waals surface area contributed by atoms with Gasteiger partial charge in [-0.25, -0.2) is 0 Å². The molecule has 0 spiro atoms. The summed E-state index contributed by atoms with van der Waals surface area (Å²) in [4.78, 5) is 13.6. The largest absolute Gasteiger partial charge is 0.496 e. The van der Waals surface area contributed by atoms with Crippen LogP contribution < -0.4 is 10.1 Å². The lowest BCUT2D eigenvalue weighted by atomic mass is 10.0. The molecule has 1 amide bonds. The lowest BCUT2D eigenvalue weighted by molar-refractivity contribution is -0.127. The van der Waals surface area contributed by atoms with Crippen LogP contribution in [0.5, 0.6) is 5.75 Å². The van der Waals surface area contributed by atoms with Gasteiger partial charge in [-0.3, -0.25) is 4.79 Å². The number of methoxy groups -OCH3 is 1. The summed E-state index contributed by atoms with van der Waals surface area (Å²) in [6.07, 6.45) is 1.70. The number of carbonyl (C=O) groups excluding carboxylic acids is 1. The first-order valence-electron chi connectivity index (χ1n) is 7.69. The summed E-state index contributed by atoms with van der Waals surface area (Å²) in [7, 11) is 1.71. The quantitative estimate of drug-likeness (QED) is 0.876. The SMILES string of the molecule is COc1cc(C)ccc1C(C)NC(C)CN1CCCC1=O. The molecule has 2 rings (SSSR count). The van der Waals surface area contributed by atoms with E-state index in [-0.39, 0.29) is 18.0 Å². The summed E-state index contributed by atoms with van der Waals surface area (Å²) >= 11 is 0. The zero-order chi connectivity index (χ0) is 15.4. The number of rotatable bonds is 6. The molecule has 1 aromatic rings. The van der Waals surface area contributed by atoms with E-state index >= 15 is 0 Å². The van der Waals surface area contributed by atoms with Gasteiger partial charge in [0.1, 0.15) is 5.75 Å². The Kier molecular flexibility index (Phi) is 5.23. The molecule has 0 radical (unpaired) electrons. The molecule has 2 unspecified atom stereocenters. The van der Waals surface area contributed by atoms with Crippen LogP contribution in [0, 0.1) is 6.92 Å². The van der Waals surface area contributed by atoms with Gasteiger partial charge in [-0.15, -0.1) is 0 Å². The van der Waals surface area contributed by atoms with Gasteiger partial charge in [0.2, 0.25) is 5.91 Å². The van der Waals surface area contributed by atoms with Crippen LogP contribution in [-0.4, -0.2) is 37.0 Å². The fraction of sp³-hybridized carbons (Fsp3) is 0.588. The van der Waals surface area contributed by atoms with Crippen molar-refractivity contribution in [2.45, 2.75) is 45.7 Å². The molecule has 1 N–H and O–H groups in total. The normalized spacial score (nSPS) is 17.9. The van der Waals surface area contributed by atoms with Crippen molar-refractivity contribution < 1.29 is 9.53 Å². The van der Waals surface area contributed by atoms with Crippen LogP contribution >= 0.6 is 0 Å². The van der Waals surface area contributed by atoms with Crippen molar-refractivity contribution in [2.24, 2.45) is 0 Å². The van der Waals surface area contributed by atoms with Crippen molar-refractivity contribution in [3.63, 3.8) is 0 Å². The van der Waals surface area contributed by atoms with Gasteiger partial charge in [0.05, 0.1) is 7.11 Å². The second kappa shape index (κ2) is 6.94. The molecular weight excluding hydrogens is 264 g/mol. The van der Waals surface area contributed by atoms with E-state index < -0.39 is 0 Å². The van der Waals surface area contributed by atoms with E-state index in [0.717, 1.165) is 30.8 Å². The van der Waals surface area contributed by atoms with Gasteiger partial charge in [0, 0.05) is 37.2 Å². The number of hydrogen-bond donors (Lipinski definition) is 1. The van der Waals surface area contributed by atoms with Crippen LogP contribution in [0.1, 0.15) is 43.9 Å². The summed E-state index contributed by atoms with van der Waals surface area (Å²) in [5.41, 5.74) is 2.35. The molecule has 1 aromatic carbocycles. The van der Waals surface area contributed by atoms with E-state index in [4.69, 9.17) is 4.74 Å². The first-order valence-corrected chi connectivity index (χ1v) is 7.69. The van der Waals surface area contributed by atoms with Crippen LogP contribution in [0.25, 0.3) is 0 Å². The maximum atomic E-state index is 11.7. The summed E-state index contributed by atoms with van der Waals surface area (Å²) in [6, 6.07) is 6.72. The Hall–Kier alpha value is -1.55. The number of hydrogen-bond acceptors (Lipinski definition) is 3. The van der Waals surface area contributed by atoms with E-state index in [1.54, 1.807) is 7.11 Å². The highest BCUT2D eigenvalue weighted by molar-refractivity contribution is 5.78. The zero-order valence-electron chi connectivity index (χ0n) is 13.5. The van der Waals surface area contributed by atoms with Crippen LogP contribution in [0.3, 0.4) is 0 Å². The standard InChI is InChI=1S/C17H26N2O2/c1-12-7-8-15(16(10-12)21-4)14(3)18-13(2)11-19-9-5-6-17(19)20/h7-8,10,13-14,18H,5-6,9,11H2,1-4H3. The van der Waals surface area contributed by atoms with E-state index in [2.05, 4.69) is 44.3 Å². The molecular formula is C17H26N2O2. The fourth-order valence-corrected chi connectivity index (χ4v) is 2.97. The van der Waals surface area contributed by atoms with Crippen LogP contribution in [-0.2, 0) is 4.79 Å².